The lowest BCUT2D eigenvalue weighted by atomic mass is 10.2. The molecule has 0 saturated carbocycles. The Morgan fingerprint density at radius 2 is 1.85 bits per heavy atom. The number of nitrogens with one attached hydrogen (secondary N) is 1. The summed E-state index contributed by atoms with van der Waals surface area (Å²) in [5, 5.41) is 6.90. The van der Waals surface area contributed by atoms with Crippen LogP contribution in [0, 0.1) is 22.9 Å². The summed E-state index contributed by atoms with van der Waals surface area (Å²) in [7, 11) is 0. The molecule has 0 spiro atoms. The fourth-order valence-electron chi connectivity index (χ4n) is 0.813. The number of amidine groups is 1. The minimum atomic E-state index is -1.63. The number of nitrogen functional groups attached to an aromatic ring is 1. The Morgan fingerprint density at radius 3 is 2.31 bits per heavy atom. The Kier molecular flexibility index (Phi) is 2.60. The van der Waals surface area contributed by atoms with Crippen LogP contribution >= 0.6 is 15.9 Å². The number of halogens is 4. The van der Waals surface area contributed by atoms with Crippen LogP contribution in [-0.4, -0.2) is 5.84 Å². The fraction of sp³-hybridized carbons (Fsp3) is 0. The Hall–Kier alpha value is -1.04. The smallest absolute Gasteiger partial charge is 0.195 e. The van der Waals surface area contributed by atoms with E-state index in [0.717, 1.165) is 6.07 Å². The van der Waals surface area contributed by atoms with Crippen LogP contribution in [0.25, 0.3) is 0 Å². The highest BCUT2D eigenvalue weighted by molar-refractivity contribution is 9.10. The molecule has 0 atom stereocenters. The Balaban J connectivity index is 3.53. The molecule has 70 valence electrons. The standard InChI is InChI=1S/C7H4BrF3N2/c8-2-1-3(9)5(10)6(11)4(2)7(12)13/h1H,(H3,12,13). The minimum absolute atomic E-state index is 0.0867. The maximum atomic E-state index is 12.9. The Labute approximate surface area is 80.2 Å². The Bertz CT molecular complexity index is 378. The third-order valence-corrected chi connectivity index (χ3v) is 2.01. The molecule has 6 heteroatoms. The van der Waals surface area contributed by atoms with Crippen LogP contribution in [-0.2, 0) is 0 Å². The third-order valence-electron chi connectivity index (χ3n) is 1.38. The van der Waals surface area contributed by atoms with Gasteiger partial charge in [0.15, 0.2) is 17.5 Å². The molecule has 0 aliphatic heterocycles. The molecule has 0 bridgehead atoms. The van der Waals surface area contributed by atoms with E-state index in [9.17, 15) is 13.2 Å². The predicted molar refractivity (Wildman–Crippen MR) is 45.0 cm³/mol. The van der Waals surface area contributed by atoms with Gasteiger partial charge in [-0.3, -0.25) is 5.41 Å². The monoisotopic (exact) mass is 252 g/mol. The highest BCUT2D eigenvalue weighted by atomic mass is 79.9. The van der Waals surface area contributed by atoms with Gasteiger partial charge in [-0.15, -0.1) is 0 Å². The first-order chi connectivity index (χ1) is 5.95. The number of rotatable bonds is 1. The lowest BCUT2D eigenvalue weighted by Gasteiger charge is -2.04. The van der Waals surface area contributed by atoms with Gasteiger partial charge >= 0.3 is 0 Å². The molecule has 2 nitrogen and oxygen atoms in total. The molecule has 3 N–H and O–H groups in total. The van der Waals surface area contributed by atoms with E-state index < -0.39 is 28.9 Å². The van der Waals surface area contributed by atoms with Gasteiger partial charge in [0.1, 0.15) is 5.84 Å². The van der Waals surface area contributed by atoms with Crippen molar-refractivity contribution in [2.24, 2.45) is 5.73 Å². The minimum Gasteiger partial charge on any atom is -0.384 e. The number of hydrogen-bond acceptors (Lipinski definition) is 1. The molecule has 0 heterocycles. The van der Waals surface area contributed by atoms with Crippen molar-refractivity contribution in [1.29, 1.82) is 5.41 Å². The second-order valence-corrected chi connectivity index (χ2v) is 3.11. The molecule has 0 saturated heterocycles. The first-order valence-corrected chi connectivity index (χ1v) is 3.91. The van der Waals surface area contributed by atoms with E-state index in [1.54, 1.807) is 0 Å². The van der Waals surface area contributed by atoms with E-state index in [-0.39, 0.29) is 4.47 Å². The highest BCUT2D eigenvalue weighted by Crippen LogP contribution is 2.23. The number of benzene rings is 1. The molecule has 0 fully saturated rings. The van der Waals surface area contributed by atoms with Crippen LogP contribution in [0.1, 0.15) is 5.56 Å². The van der Waals surface area contributed by atoms with Crippen molar-refractivity contribution in [2.75, 3.05) is 0 Å². The quantitative estimate of drug-likeness (QED) is 0.342. The summed E-state index contributed by atoms with van der Waals surface area (Å²) in [4.78, 5) is 0. The zero-order valence-electron chi connectivity index (χ0n) is 6.17. The summed E-state index contributed by atoms with van der Waals surface area (Å²) in [6.45, 7) is 0. The zero-order valence-corrected chi connectivity index (χ0v) is 7.75. The summed E-state index contributed by atoms with van der Waals surface area (Å²) in [5.41, 5.74) is 4.49. The second kappa shape index (κ2) is 3.37. The van der Waals surface area contributed by atoms with Crippen LogP contribution < -0.4 is 5.73 Å². The first-order valence-electron chi connectivity index (χ1n) is 3.12. The molecule has 0 amide bonds. The lowest BCUT2D eigenvalue weighted by molar-refractivity contribution is 0.445. The van der Waals surface area contributed by atoms with Crippen LogP contribution in [0.4, 0.5) is 13.2 Å². The first kappa shape index (κ1) is 10.0. The van der Waals surface area contributed by atoms with Crippen molar-refractivity contribution in [3.8, 4) is 0 Å². The van der Waals surface area contributed by atoms with Crippen molar-refractivity contribution in [3.05, 3.63) is 33.6 Å². The van der Waals surface area contributed by atoms with Gasteiger partial charge in [0, 0.05) is 4.47 Å². The van der Waals surface area contributed by atoms with E-state index in [4.69, 9.17) is 11.1 Å². The van der Waals surface area contributed by atoms with Crippen molar-refractivity contribution in [2.45, 2.75) is 0 Å². The van der Waals surface area contributed by atoms with Gasteiger partial charge in [-0.25, -0.2) is 13.2 Å². The van der Waals surface area contributed by atoms with Gasteiger partial charge in [-0.05, 0) is 22.0 Å². The summed E-state index contributed by atoms with van der Waals surface area (Å²) in [6.07, 6.45) is 0. The maximum absolute atomic E-state index is 12.9. The van der Waals surface area contributed by atoms with Gasteiger partial charge in [0.2, 0.25) is 0 Å². The molecule has 13 heavy (non-hydrogen) atoms. The van der Waals surface area contributed by atoms with Crippen LogP contribution in [0.15, 0.2) is 10.5 Å². The summed E-state index contributed by atoms with van der Waals surface area (Å²) >= 11 is 2.77. The van der Waals surface area contributed by atoms with Crippen molar-refractivity contribution < 1.29 is 13.2 Å². The van der Waals surface area contributed by atoms with Crippen LogP contribution in [0.2, 0.25) is 0 Å². The highest BCUT2D eigenvalue weighted by Gasteiger charge is 2.18. The second-order valence-electron chi connectivity index (χ2n) is 2.26. The SMILES string of the molecule is N=C(N)c1c(Br)cc(F)c(F)c1F. The summed E-state index contributed by atoms with van der Waals surface area (Å²) in [6, 6.07) is 0.717. The zero-order chi connectivity index (χ0) is 10.2. The van der Waals surface area contributed by atoms with E-state index in [2.05, 4.69) is 15.9 Å². The number of nitrogens with two attached hydrogens (primary N) is 1. The van der Waals surface area contributed by atoms with Crippen LogP contribution in [0.5, 0.6) is 0 Å². The maximum Gasteiger partial charge on any atom is 0.195 e. The normalized spacial score (nSPS) is 10.2. The molecule has 1 aromatic rings. The molecule has 0 aliphatic rings. The summed E-state index contributed by atoms with van der Waals surface area (Å²) in [5.74, 6) is -5.08. The van der Waals surface area contributed by atoms with Gasteiger partial charge in [0.05, 0.1) is 5.56 Å². The van der Waals surface area contributed by atoms with Crippen LogP contribution in [0.3, 0.4) is 0 Å². The molecule has 0 unspecified atom stereocenters. The van der Waals surface area contributed by atoms with Crippen molar-refractivity contribution in [3.63, 3.8) is 0 Å². The van der Waals surface area contributed by atoms with Crippen molar-refractivity contribution in [1.82, 2.24) is 0 Å². The number of hydrogen-bond donors (Lipinski definition) is 2. The largest absolute Gasteiger partial charge is 0.384 e. The van der Waals surface area contributed by atoms with E-state index >= 15 is 0 Å². The predicted octanol–water partition coefficient (Wildman–Crippen LogP) is 2.15. The Morgan fingerprint density at radius 1 is 1.31 bits per heavy atom. The fourth-order valence-corrected chi connectivity index (χ4v) is 1.40. The molecule has 0 radical (unpaired) electrons. The van der Waals surface area contributed by atoms with Crippen molar-refractivity contribution >= 4 is 21.8 Å². The lowest BCUT2D eigenvalue weighted by Crippen LogP contribution is -2.15. The molecular weight excluding hydrogens is 249 g/mol. The average molecular weight is 253 g/mol. The summed E-state index contributed by atoms with van der Waals surface area (Å²) < 4.78 is 38.0. The van der Waals surface area contributed by atoms with Gasteiger partial charge in [-0.2, -0.15) is 0 Å². The molecule has 0 aromatic heterocycles. The topological polar surface area (TPSA) is 49.9 Å². The van der Waals surface area contributed by atoms with Gasteiger partial charge < -0.3 is 5.73 Å². The third kappa shape index (κ3) is 1.67. The average Bonchev–Trinajstić information content (AvgIpc) is 1.99. The van der Waals surface area contributed by atoms with E-state index in [1.165, 1.54) is 0 Å². The van der Waals surface area contributed by atoms with Gasteiger partial charge in [-0.1, -0.05) is 0 Å². The molecule has 0 aliphatic carbocycles. The van der Waals surface area contributed by atoms with Gasteiger partial charge in [0.25, 0.3) is 0 Å². The molecule has 1 rings (SSSR count). The molecule has 1 aromatic carbocycles. The molecular formula is C7H4BrF3N2. The van der Waals surface area contributed by atoms with E-state index in [1.807, 2.05) is 0 Å². The van der Waals surface area contributed by atoms with E-state index in [0.29, 0.717) is 0 Å².